The van der Waals surface area contributed by atoms with E-state index < -0.39 is 11.5 Å². The Hall–Kier alpha value is -2.55. The van der Waals surface area contributed by atoms with Crippen molar-refractivity contribution in [3.63, 3.8) is 0 Å². The van der Waals surface area contributed by atoms with E-state index in [9.17, 15) is 9.59 Å². The second-order valence-corrected chi connectivity index (χ2v) is 6.70. The summed E-state index contributed by atoms with van der Waals surface area (Å²) < 4.78 is 1.16. The third kappa shape index (κ3) is 2.74. The third-order valence-electron chi connectivity index (χ3n) is 3.43. The van der Waals surface area contributed by atoms with Crippen molar-refractivity contribution in [3.05, 3.63) is 43.5 Å². The molecule has 0 saturated heterocycles. The molecule has 0 aliphatic carbocycles. The summed E-state index contributed by atoms with van der Waals surface area (Å²) in [6.45, 7) is 7.42. The second-order valence-electron chi connectivity index (χ2n) is 5.29. The number of nitrogens with one attached hydrogen (secondary N) is 2. The minimum Gasteiger partial charge on any atom is -0.344 e. The molecule has 2 N–H and O–H groups in total. The number of hydrogen-bond acceptors (Lipinski definition) is 6. The summed E-state index contributed by atoms with van der Waals surface area (Å²) in [6.07, 6.45) is 1.25. The van der Waals surface area contributed by atoms with Crippen LogP contribution in [0.1, 0.15) is 44.7 Å². The van der Waals surface area contributed by atoms with Crippen LogP contribution in [0.5, 0.6) is 0 Å². The van der Waals surface area contributed by atoms with Crippen LogP contribution in [-0.4, -0.2) is 30.5 Å². The summed E-state index contributed by atoms with van der Waals surface area (Å²) in [5, 5.41) is 6.50. The van der Waals surface area contributed by atoms with E-state index in [4.69, 9.17) is 0 Å². The van der Waals surface area contributed by atoms with Crippen LogP contribution in [0.25, 0.3) is 5.78 Å². The van der Waals surface area contributed by atoms with Crippen LogP contribution in [0, 0.1) is 20.8 Å². The van der Waals surface area contributed by atoms with Crippen molar-refractivity contribution in [1.82, 2.24) is 29.9 Å². The highest BCUT2D eigenvalue weighted by atomic mass is 32.1. The van der Waals surface area contributed by atoms with Gasteiger partial charge in [-0.3, -0.25) is 14.7 Å². The van der Waals surface area contributed by atoms with Crippen molar-refractivity contribution in [2.75, 3.05) is 0 Å². The molecule has 8 nitrogen and oxygen atoms in total. The van der Waals surface area contributed by atoms with Crippen LogP contribution in [0.15, 0.2) is 11.0 Å². The molecule has 120 valence electrons. The lowest BCUT2D eigenvalue weighted by atomic mass is 10.2. The van der Waals surface area contributed by atoms with E-state index in [0.29, 0.717) is 5.82 Å². The molecule has 0 aliphatic rings. The van der Waals surface area contributed by atoms with E-state index in [1.165, 1.54) is 6.20 Å². The largest absolute Gasteiger partial charge is 0.344 e. The molecule has 0 radical (unpaired) electrons. The molecule has 0 fully saturated rings. The lowest BCUT2D eigenvalue weighted by Gasteiger charge is -2.12. The molecule has 3 aromatic heterocycles. The van der Waals surface area contributed by atoms with Gasteiger partial charge in [-0.15, -0.1) is 11.3 Å². The van der Waals surface area contributed by atoms with Gasteiger partial charge in [-0.25, -0.2) is 9.97 Å². The fourth-order valence-corrected chi connectivity index (χ4v) is 3.32. The van der Waals surface area contributed by atoms with Crippen molar-refractivity contribution in [2.24, 2.45) is 0 Å². The molecular formula is C14H16N6O2S. The van der Waals surface area contributed by atoms with Gasteiger partial charge in [-0.1, -0.05) is 0 Å². The first-order chi connectivity index (χ1) is 10.9. The Balaban J connectivity index is 1.90. The average molecular weight is 332 g/mol. The quantitative estimate of drug-likeness (QED) is 0.752. The molecule has 0 saturated carbocycles. The summed E-state index contributed by atoms with van der Waals surface area (Å²) in [6, 6.07) is -0.295. The number of aromatic nitrogens is 5. The Morgan fingerprint density at radius 3 is 2.74 bits per heavy atom. The summed E-state index contributed by atoms with van der Waals surface area (Å²) in [4.78, 5) is 38.3. The van der Waals surface area contributed by atoms with E-state index in [1.54, 1.807) is 18.3 Å². The molecule has 0 bridgehead atoms. The summed E-state index contributed by atoms with van der Waals surface area (Å²) in [7, 11) is 0. The Bertz CT molecular complexity index is 954. The van der Waals surface area contributed by atoms with Crippen LogP contribution >= 0.6 is 11.3 Å². The number of fused-ring (bicyclic) bond motifs is 1. The van der Waals surface area contributed by atoms with E-state index >= 15 is 0 Å². The molecule has 3 heterocycles. The molecule has 0 aliphatic heterocycles. The molecule has 0 aromatic carbocycles. The number of carbonyl (C=O) groups excluding carboxylic acids is 1. The van der Waals surface area contributed by atoms with Crippen molar-refractivity contribution in [2.45, 2.75) is 33.7 Å². The van der Waals surface area contributed by atoms with Crippen molar-refractivity contribution in [1.29, 1.82) is 0 Å². The van der Waals surface area contributed by atoms with Gasteiger partial charge in [-0.2, -0.15) is 9.50 Å². The molecular weight excluding hydrogens is 316 g/mol. The van der Waals surface area contributed by atoms with Gasteiger partial charge in [0.25, 0.3) is 17.2 Å². The van der Waals surface area contributed by atoms with Crippen molar-refractivity contribution >= 4 is 23.0 Å². The van der Waals surface area contributed by atoms with Gasteiger partial charge in [0.2, 0.25) is 0 Å². The fraction of sp³-hybridized carbons (Fsp3) is 0.357. The maximum atomic E-state index is 12.4. The van der Waals surface area contributed by atoms with Gasteiger partial charge in [0.05, 0.1) is 16.7 Å². The highest BCUT2D eigenvalue weighted by Crippen LogP contribution is 2.22. The second kappa shape index (κ2) is 5.58. The van der Waals surface area contributed by atoms with Gasteiger partial charge in [0.1, 0.15) is 11.4 Å². The van der Waals surface area contributed by atoms with Crippen LogP contribution in [0.4, 0.5) is 0 Å². The zero-order valence-electron chi connectivity index (χ0n) is 13.2. The lowest BCUT2D eigenvalue weighted by Crippen LogP contribution is -2.33. The van der Waals surface area contributed by atoms with E-state index in [0.717, 1.165) is 20.1 Å². The maximum absolute atomic E-state index is 12.4. The number of hydrogen-bond donors (Lipinski definition) is 2. The Morgan fingerprint density at radius 2 is 2.09 bits per heavy atom. The summed E-state index contributed by atoms with van der Waals surface area (Å²) >= 11 is 1.57. The highest BCUT2D eigenvalue weighted by molar-refractivity contribution is 7.11. The normalized spacial score (nSPS) is 12.5. The van der Waals surface area contributed by atoms with Gasteiger partial charge < -0.3 is 5.32 Å². The number of aryl methyl sites for hydroxylation is 3. The standard InChI is InChI=1S/C14H16N6O2S/c1-6(11-7(2)23-9(4)18-11)16-12(21)10-5-15-14-17-8(3)19-20(14)13(10)22/h5-6H,1-4H3,(H,16,21)(H,15,17,19). The van der Waals surface area contributed by atoms with E-state index in [2.05, 4.69) is 25.4 Å². The Morgan fingerprint density at radius 1 is 1.35 bits per heavy atom. The SMILES string of the molecule is Cc1nc2ncc(C(=O)NC(C)c3nc(C)sc3C)c(=O)n2[nH]1. The van der Waals surface area contributed by atoms with E-state index in [1.807, 2.05) is 20.8 Å². The van der Waals surface area contributed by atoms with Gasteiger partial charge in [-0.05, 0) is 27.7 Å². The predicted molar refractivity (Wildman–Crippen MR) is 85.8 cm³/mol. The van der Waals surface area contributed by atoms with Gasteiger partial charge in [0.15, 0.2) is 0 Å². The molecule has 9 heteroatoms. The van der Waals surface area contributed by atoms with Gasteiger partial charge in [0, 0.05) is 11.1 Å². The highest BCUT2D eigenvalue weighted by Gasteiger charge is 2.20. The molecule has 1 atom stereocenters. The summed E-state index contributed by atoms with van der Waals surface area (Å²) in [5.41, 5.74) is 0.293. The topological polar surface area (TPSA) is 105 Å². The first-order valence-electron chi connectivity index (χ1n) is 7.06. The third-order valence-corrected chi connectivity index (χ3v) is 4.33. The zero-order valence-corrected chi connectivity index (χ0v) is 14.0. The van der Waals surface area contributed by atoms with Crippen LogP contribution in [0.2, 0.25) is 0 Å². The van der Waals surface area contributed by atoms with Crippen LogP contribution in [-0.2, 0) is 0 Å². The number of thiazole rings is 1. The number of nitrogens with zero attached hydrogens (tertiary/aromatic N) is 4. The van der Waals surface area contributed by atoms with Crippen molar-refractivity contribution in [3.8, 4) is 0 Å². The average Bonchev–Trinajstić information content (AvgIpc) is 3.01. The monoisotopic (exact) mass is 332 g/mol. The number of amides is 1. The predicted octanol–water partition coefficient (Wildman–Crippen LogP) is 1.29. The molecule has 3 aromatic rings. The molecule has 23 heavy (non-hydrogen) atoms. The number of carbonyl (C=O) groups is 1. The van der Waals surface area contributed by atoms with Gasteiger partial charge >= 0.3 is 0 Å². The Labute approximate surface area is 135 Å². The minimum absolute atomic E-state index is 0.0393. The number of H-pyrrole nitrogens is 1. The summed E-state index contributed by atoms with van der Waals surface area (Å²) in [5.74, 6) is 0.305. The maximum Gasteiger partial charge on any atom is 0.286 e. The first kappa shape index (κ1) is 15.3. The molecule has 3 rings (SSSR count). The first-order valence-corrected chi connectivity index (χ1v) is 7.87. The lowest BCUT2D eigenvalue weighted by molar-refractivity contribution is 0.0937. The van der Waals surface area contributed by atoms with E-state index in [-0.39, 0.29) is 17.4 Å². The van der Waals surface area contributed by atoms with Crippen molar-refractivity contribution < 1.29 is 4.79 Å². The number of aromatic amines is 1. The fourth-order valence-electron chi connectivity index (χ4n) is 2.41. The molecule has 0 spiro atoms. The Kier molecular flexibility index (Phi) is 3.72. The molecule has 1 amide bonds. The minimum atomic E-state index is -0.485. The van der Waals surface area contributed by atoms with Crippen LogP contribution < -0.4 is 10.9 Å². The zero-order chi connectivity index (χ0) is 16.7. The smallest absolute Gasteiger partial charge is 0.286 e. The van der Waals surface area contributed by atoms with Crippen LogP contribution in [0.3, 0.4) is 0 Å². The molecule has 1 unspecified atom stereocenters. The number of rotatable bonds is 3.